The van der Waals surface area contributed by atoms with Crippen LogP contribution in [0.2, 0.25) is 0 Å². The van der Waals surface area contributed by atoms with Gasteiger partial charge in [0.05, 0.1) is 6.61 Å². The van der Waals surface area contributed by atoms with Gasteiger partial charge < -0.3 is 9.84 Å². The first-order valence-electron chi connectivity index (χ1n) is 5.47. The molecular weight excluding hydrogens is 236 g/mol. The van der Waals surface area contributed by atoms with Gasteiger partial charge in [-0.3, -0.25) is 0 Å². The van der Waals surface area contributed by atoms with Gasteiger partial charge in [0.25, 0.3) is 0 Å². The summed E-state index contributed by atoms with van der Waals surface area (Å²) < 4.78 is 7.68. The summed E-state index contributed by atoms with van der Waals surface area (Å²) in [5.41, 5.74) is 1.13. The number of nitrogens with zero attached hydrogens (tertiary/aromatic N) is 4. The quantitative estimate of drug-likeness (QED) is 0.801. The minimum absolute atomic E-state index is 0.0946. The average Bonchev–Trinajstić information content (AvgIpc) is 2.68. The Bertz CT molecular complexity index is 603. The van der Waals surface area contributed by atoms with Crippen molar-refractivity contribution >= 4 is 0 Å². The molecule has 0 unspecified atom stereocenters. The van der Waals surface area contributed by atoms with Crippen LogP contribution < -0.4 is 10.4 Å². The van der Waals surface area contributed by atoms with E-state index in [4.69, 9.17) is 9.84 Å². The summed E-state index contributed by atoms with van der Waals surface area (Å²) in [6.07, 6.45) is 0. The van der Waals surface area contributed by atoms with Gasteiger partial charge in [0.2, 0.25) is 0 Å². The molecule has 0 saturated carbocycles. The fraction of sp³-hybridized carbons (Fsp3) is 0.364. The molecule has 2 aromatic rings. The summed E-state index contributed by atoms with van der Waals surface area (Å²) in [5, 5.41) is 16.2. The van der Waals surface area contributed by atoms with Crippen LogP contribution in [-0.2, 0) is 7.05 Å². The van der Waals surface area contributed by atoms with Crippen LogP contribution in [0.3, 0.4) is 0 Å². The molecule has 0 aliphatic heterocycles. The molecule has 0 bridgehead atoms. The smallest absolute Gasteiger partial charge is 0.368 e. The van der Waals surface area contributed by atoms with Gasteiger partial charge in [0.15, 0.2) is 0 Å². The summed E-state index contributed by atoms with van der Waals surface area (Å²) in [5.74, 6) is 0.484. The van der Waals surface area contributed by atoms with Gasteiger partial charge >= 0.3 is 5.69 Å². The standard InChI is InChI=1S/C11H14N4O3/c1-8-3-4-10(18-6-5-16)9(7-8)15-11(17)14(2)12-13-15/h3-4,7,16H,5-6H2,1-2H3. The normalized spacial score (nSPS) is 10.6. The van der Waals surface area contributed by atoms with E-state index in [1.54, 1.807) is 12.1 Å². The highest BCUT2D eigenvalue weighted by molar-refractivity contribution is 5.47. The van der Waals surface area contributed by atoms with E-state index in [-0.39, 0.29) is 18.9 Å². The van der Waals surface area contributed by atoms with Crippen LogP contribution in [0, 0.1) is 6.92 Å². The van der Waals surface area contributed by atoms with E-state index >= 15 is 0 Å². The molecule has 0 fully saturated rings. The molecule has 96 valence electrons. The number of hydrogen-bond acceptors (Lipinski definition) is 5. The van der Waals surface area contributed by atoms with Crippen LogP contribution in [0.5, 0.6) is 5.75 Å². The van der Waals surface area contributed by atoms with Crippen LogP contribution >= 0.6 is 0 Å². The molecule has 0 amide bonds. The molecule has 18 heavy (non-hydrogen) atoms. The molecular formula is C11H14N4O3. The Balaban J connectivity index is 2.51. The van der Waals surface area contributed by atoms with Crippen molar-refractivity contribution in [3.05, 3.63) is 34.2 Å². The molecule has 0 aliphatic rings. The largest absolute Gasteiger partial charge is 0.489 e. The highest BCUT2D eigenvalue weighted by Crippen LogP contribution is 2.22. The number of ether oxygens (including phenoxy) is 1. The lowest BCUT2D eigenvalue weighted by Crippen LogP contribution is -2.22. The molecule has 0 aliphatic carbocycles. The van der Waals surface area contributed by atoms with Crippen molar-refractivity contribution in [1.29, 1.82) is 0 Å². The zero-order chi connectivity index (χ0) is 13.1. The minimum atomic E-state index is -0.352. The third-order valence-electron chi connectivity index (χ3n) is 2.41. The van der Waals surface area contributed by atoms with Crippen molar-refractivity contribution in [2.75, 3.05) is 13.2 Å². The molecule has 7 heteroatoms. The van der Waals surface area contributed by atoms with Gasteiger partial charge in [-0.2, -0.15) is 9.36 Å². The molecule has 7 nitrogen and oxygen atoms in total. The molecule has 0 radical (unpaired) electrons. The lowest BCUT2D eigenvalue weighted by Gasteiger charge is -2.10. The first-order chi connectivity index (χ1) is 8.63. The number of hydrogen-bond donors (Lipinski definition) is 1. The number of benzene rings is 1. The molecule has 1 aromatic heterocycles. The third-order valence-corrected chi connectivity index (χ3v) is 2.41. The second-order valence-corrected chi connectivity index (χ2v) is 3.84. The summed E-state index contributed by atoms with van der Waals surface area (Å²) in [7, 11) is 1.52. The molecule has 0 saturated heterocycles. The number of aromatic nitrogens is 4. The number of aliphatic hydroxyl groups is 1. The van der Waals surface area contributed by atoms with Gasteiger partial charge in [-0.05, 0) is 35.0 Å². The average molecular weight is 250 g/mol. The monoisotopic (exact) mass is 250 g/mol. The Labute approximate surface area is 103 Å². The van der Waals surface area contributed by atoms with Gasteiger partial charge in [-0.15, -0.1) is 0 Å². The van der Waals surface area contributed by atoms with E-state index < -0.39 is 0 Å². The molecule has 0 spiro atoms. The number of aliphatic hydroxyl groups excluding tert-OH is 1. The Hall–Kier alpha value is -2.15. The van der Waals surface area contributed by atoms with Gasteiger partial charge in [-0.1, -0.05) is 6.07 Å². The van der Waals surface area contributed by atoms with E-state index in [1.807, 2.05) is 13.0 Å². The summed E-state index contributed by atoms with van der Waals surface area (Å²) in [6, 6.07) is 5.38. The number of rotatable bonds is 4. The SMILES string of the molecule is Cc1ccc(OCCO)c(-n2nnn(C)c2=O)c1. The maximum atomic E-state index is 11.8. The van der Waals surface area contributed by atoms with Crippen molar-refractivity contribution in [3.8, 4) is 11.4 Å². The van der Waals surface area contributed by atoms with Crippen molar-refractivity contribution in [2.45, 2.75) is 6.92 Å². The molecule has 0 atom stereocenters. The first kappa shape index (κ1) is 12.3. The van der Waals surface area contributed by atoms with Gasteiger partial charge in [0, 0.05) is 7.05 Å². The molecule has 1 heterocycles. The molecule has 2 rings (SSSR count). The second-order valence-electron chi connectivity index (χ2n) is 3.84. The highest BCUT2D eigenvalue weighted by Gasteiger charge is 2.12. The number of aryl methyl sites for hydroxylation is 2. The van der Waals surface area contributed by atoms with E-state index in [1.165, 1.54) is 11.7 Å². The van der Waals surface area contributed by atoms with E-state index in [0.29, 0.717) is 11.4 Å². The Morgan fingerprint density at radius 3 is 2.78 bits per heavy atom. The van der Waals surface area contributed by atoms with E-state index in [0.717, 1.165) is 10.2 Å². The fourth-order valence-corrected chi connectivity index (χ4v) is 1.54. The van der Waals surface area contributed by atoms with Crippen LogP contribution in [-0.4, -0.2) is 38.1 Å². The first-order valence-corrected chi connectivity index (χ1v) is 5.47. The van der Waals surface area contributed by atoms with Gasteiger partial charge in [0.1, 0.15) is 18.0 Å². The number of tetrazole rings is 1. The zero-order valence-electron chi connectivity index (χ0n) is 10.2. The summed E-state index contributed by atoms with van der Waals surface area (Å²) in [4.78, 5) is 11.8. The predicted octanol–water partition coefficient (Wildman–Crippen LogP) is -0.354. The lowest BCUT2D eigenvalue weighted by atomic mass is 10.2. The van der Waals surface area contributed by atoms with Crippen LogP contribution in [0.25, 0.3) is 5.69 Å². The zero-order valence-corrected chi connectivity index (χ0v) is 10.2. The maximum absolute atomic E-state index is 11.8. The molecule has 1 aromatic carbocycles. The maximum Gasteiger partial charge on any atom is 0.368 e. The third kappa shape index (κ3) is 2.25. The fourth-order valence-electron chi connectivity index (χ4n) is 1.54. The van der Waals surface area contributed by atoms with Crippen LogP contribution in [0.4, 0.5) is 0 Å². The minimum Gasteiger partial charge on any atom is -0.489 e. The Morgan fingerprint density at radius 1 is 1.39 bits per heavy atom. The van der Waals surface area contributed by atoms with E-state index in [2.05, 4.69) is 10.4 Å². The summed E-state index contributed by atoms with van der Waals surface area (Å²) in [6.45, 7) is 1.97. The summed E-state index contributed by atoms with van der Waals surface area (Å²) >= 11 is 0. The second kappa shape index (κ2) is 5.01. The molecule has 1 N–H and O–H groups in total. The van der Waals surface area contributed by atoms with Crippen LogP contribution in [0.1, 0.15) is 5.56 Å². The predicted molar refractivity (Wildman–Crippen MR) is 63.9 cm³/mol. The topological polar surface area (TPSA) is 82.2 Å². The van der Waals surface area contributed by atoms with Crippen molar-refractivity contribution in [3.63, 3.8) is 0 Å². The lowest BCUT2D eigenvalue weighted by molar-refractivity contribution is 0.201. The van der Waals surface area contributed by atoms with Crippen molar-refractivity contribution in [1.82, 2.24) is 19.8 Å². The van der Waals surface area contributed by atoms with Crippen molar-refractivity contribution in [2.24, 2.45) is 7.05 Å². The Kier molecular flexibility index (Phi) is 3.42. The highest BCUT2D eigenvalue weighted by atomic mass is 16.5. The van der Waals surface area contributed by atoms with E-state index in [9.17, 15) is 4.79 Å². The van der Waals surface area contributed by atoms with Gasteiger partial charge in [-0.25, -0.2) is 4.79 Å². The Morgan fingerprint density at radius 2 is 2.17 bits per heavy atom. The van der Waals surface area contributed by atoms with Crippen molar-refractivity contribution < 1.29 is 9.84 Å². The van der Waals surface area contributed by atoms with Crippen LogP contribution in [0.15, 0.2) is 23.0 Å².